The number of halogens is 1. The van der Waals surface area contributed by atoms with Crippen LogP contribution in [0.25, 0.3) is 10.9 Å². The van der Waals surface area contributed by atoms with E-state index in [1.54, 1.807) is 24.3 Å². The molecule has 0 bridgehead atoms. The molecule has 0 radical (unpaired) electrons. The van der Waals surface area contributed by atoms with Crippen molar-refractivity contribution in [2.75, 3.05) is 6.61 Å². The number of benzene rings is 1. The van der Waals surface area contributed by atoms with Gasteiger partial charge in [-0.15, -0.1) is 0 Å². The SMILES string of the molecule is O=C(NC(CO)c1ccco1)c1cc2c(F)cccc2[nH]1. The maximum absolute atomic E-state index is 13.6. The van der Waals surface area contributed by atoms with Crippen LogP contribution in [0.15, 0.2) is 47.1 Å². The van der Waals surface area contributed by atoms with Gasteiger partial charge in [0.05, 0.1) is 12.9 Å². The van der Waals surface area contributed by atoms with E-state index in [1.807, 2.05) is 0 Å². The summed E-state index contributed by atoms with van der Waals surface area (Å²) in [5.41, 5.74) is 0.763. The number of aliphatic hydroxyl groups is 1. The molecule has 0 saturated heterocycles. The molecule has 3 N–H and O–H groups in total. The van der Waals surface area contributed by atoms with Crippen LogP contribution in [0.1, 0.15) is 22.3 Å². The molecule has 1 unspecified atom stereocenters. The lowest BCUT2D eigenvalue weighted by Gasteiger charge is -2.12. The summed E-state index contributed by atoms with van der Waals surface area (Å²) in [6, 6.07) is 8.70. The number of aliphatic hydroxyl groups excluding tert-OH is 1. The lowest BCUT2D eigenvalue weighted by Crippen LogP contribution is -2.30. The van der Waals surface area contributed by atoms with Crippen molar-refractivity contribution >= 4 is 16.8 Å². The topological polar surface area (TPSA) is 78.3 Å². The molecule has 1 amide bonds. The van der Waals surface area contributed by atoms with Gasteiger partial charge >= 0.3 is 0 Å². The van der Waals surface area contributed by atoms with Crippen molar-refractivity contribution < 1.29 is 18.7 Å². The van der Waals surface area contributed by atoms with E-state index in [9.17, 15) is 14.3 Å². The Labute approximate surface area is 119 Å². The number of aromatic amines is 1. The van der Waals surface area contributed by atoms with Crippen LogP contribution < -0.4 is 5.32 Å². The highest BCUT2D eigenvalue weighted by molar-refractivity contribution is 5.98. The number of fused-ring (bicyclic) bond motifs is 1. The first-order valence-electron chi connectivity index (χ1n) is 6.41. The van der Waals surface area contributed by atoms with Gasteiger partial charge in [-0.05, 0) is 30.3 Å². The zero-order valence-corrected chi connectivity index (χ0v) is 11.0. The molecule has 2 aromatic heterocycles. The van der Waals surface area contributed by atoms with E-state index >= 15 is 0 Å². The Kier molecular flexibility index (Phi) is 3.45. The third-order valence-corrected chi connectivity index (χ3v) is 3.23. The standard InChI is InChI=1S/C15H13FN2O3/c16-10-3-1-4-11-9(10)7-12(17-11)15(20)18-13(8-19)14-5-2-6-21-14/h1-7,13,17,19H,8H2,(H,18,20). The van der Waals surface area contributed by atoms with E-state index in [0.29, 0.717) is 16.7 Å². The van der Waals surface area contributed by atoms with Crippen molar-refractivity contribution in [2.45, 2.75) is 6.04 Å². The Morgan fingerprint density at radius 3 is 2.90 bits per heavy atom. The molecule has 3 aromatic rings. The van der Waals surface area contributed by atoms with Gasteiger partial charge in [0.15, 0.2) is 0 Å². The van der Waals surface area contributed by atoms with Gasteiger partial charge in [0.25, 0.3) is 5.91 Å². The Morgan fingerprint density at radius 2 is 2.24 bits per heavy atom. The first-order valence-corrected chi connectivity index (χ1v) is 6.41. The number of aromatic nitrogens is 1. The van der Waals surface area contributed by atoms with Gasteiger partial charge in [0.2, 0.25) is 0 Å². The molecule has 5 nitrogen and oxygen atoms in total. The monoisotopic (exact) mass is 288 g/mol. The zero-order valence-electron chi connectivity index (χ0n) is 11.0. The Bertz CT molecular complexity index is 764. The first-order chi connectivity index (χ1) is 10.2. The molecule has 0 fully saturated rings. The van der Waals surface area contributed by atoms with Crippen LogP contribution in [0.3, 0.4) is 0 Å². The predicted molar refractivity (Wildman–Crippen MR) is 74.3 cm³/mol. The largest absolute Gasteiger partial charge is 0.467 e. The van der Waals surface area contributed by atoms with Crippen molar-refractivity contribution in [3.8, 4) is 0 Å². The van der Waals surface area contributed by atoms with Gasteiger partial charge in [0, 0.05) is 10.9 Å². The minimum absolute atomic E-state index is 0.222. The molecule has 3 rings (SSSR count). The second kappa shape index (κ2) is 5.41. The van der Waals surface area contributed by atoms with Crippen LogP contribution in [-0.2, 0) is 0 Å². The average molecular weight is 288 g/mol. The number of nitrogens with one attached hydrogen (secondary N) is 2. The highest BCUT2D eigenvalue weighted by Gasteiger charge is 2.19. The molecular formula is C15H13FN2O3. The molecule has 108 valence electrons. The van der Waals surface area contributed by atoms with E-state index < -0.39 is 17.8 Å². The number of carbonyl (C=O) groups is 1. The number of furan rings is 1. The Balaban J connectivity index is 1.85. The number of amides is 1. The minimum Gasteiger partial charge on any atom is -0.467 e. The van der Waals surface area contributed by atoms with Gasteiger partial charge in [-0.25, -0.2) is 4.39 Å². The van der Waals surface area contributed by atoms with Crippen LogP contribution in [0.5, 0.6) is 0 Å². The van der Waals surface area contributed by atoms with Crippen molar-refractivity contribution in [3.63, 3.8) is 0 Å². The third-order valence-electron chi connectivity index (χ3n) is 3.23. The lowest BCUT2D eigenvalue weighted by atomic mass is 10.2. The van der Waals surface area contributed by atoms with Crippen LogP contribution in [-0.4, -0.2) is 22.6 Å². The highest BCUT2D eigenvalue weighted by Crippen LogP contribution is 2.19. The summed E-state index contributed by atoms with van der Waals surface area (Å²) >= 11 is 0. The summed E-state index contributed by atoms with van der Waals surface area (Å²) in [7, 11) is 0. The smallest absolute Gasteiger partial charge is 0.268 e. The number of hydrogen-bond donors (Lipinski definition) is 3. The number of H-pyrrole nitrogens is 1. The van der Waals surface area contributed by atoms with Crippen LogP contribution >= 0.6 is 0 Å². The summed E-state index contributed by atoms with van der Waals surface area (Å²) in [4.78, 5) is 15.0. The lowest BCUT2D eigenvalue weighted by molar-refractivity contribution is 0.0903. The minimum atomic E-state index is -0.649. The van der Waals surface area contributed by atoms with Gasteiger partial charge < -0.3 is 19.8 Å². The number of carbonyl (C=O) groups excluding carboxylic acids is 1. The highest BCUT2D eigenvalue weighted by atomic mass is 19.1. The maximum atomic E-state index is 13.6. The molecule has 2 heterocycles. The van der Waals surface area contributed by atoms with Crippen LogP contribution in [0.2, 0.25) is 0 Å². The molecule has 0 aliphatic rings. The van der Waals surface area contributed by atoms with E-state index in [-0.39, 0.29) is 12.3 Å². The molecular weight excluding hydrogens is 275 g/mol. The van der Waals surface area contributed by atoms with Gasteiger partial charge in [-0.3, -0.25) is 4.79 Å². The van der Waals surface area contributed by atoms with Crippen molar-refractivity contribution in [3.05, 3.63) is 59.9 Å². The fourth-order valence-corrected chi connectivity index (χ4v) is 2.17. The third kappa shape index (κ3) is 2.53. The van der Waals surface area contributed by atoms with Gasteiger partial charge in [-0.2, -0.15) is 0 Å². The Morgan fingerprint density at radius 1 is 1.38 bits per heavy atom. The predicted octanol–water partition coefficient (Wildman–Crippen LogP) is 2.36. The summed E-state index contributed by atoms with van der Waals surface area (Å²) in [6.07, 6.45) is 1.46. The summed E-state index contributed by atoms with van der Waals surface area (Å²) in [5.74, 6) is -0.387. The van der Waals surface area contributed by atoms with E-state index in [2.05, 4.69) is 10.3 Å². The van der Waals surface area contributed by atoms with Crippen LogP contribution in [0, 0.1) is 5.82 Å². The van der Waals surface area contributed by atoms with E-state index in [0.717, 1.165) is 0 Å². The summed E-state index contributed by atoms with van der Waals surface area (Å²) in [6.45, 7) is -0.298. The molecule has 0 aliphatic carbocycles. The number of rotatable bonds is 4. The molecule has 1 aromatic carbocycles. The quantitative estimate of drug-likeness (QED) is 0.689. The molecule has 0 aliphatic heterocycles. The second-order valence-corrected chi connectivity index (χ2v) is 4.61. The average Bonchev–Trinajstić information content (AvgIpc) is 3.14. The number of hydrogen-bond acceptors (Lipinski definition) is 3. The van der Waals surface area contributed by atoms with Gasteiger partial charge in [-0.1, -0.05) is 6.07 Å². The van der Waals surface area contributed by atoms with E-state index in [1.165, 1.54) is 18.4 Å². The van der Waals surface area contributed by atoms with E-state index in [4.69, 9.17) is 4.42 Å². The Hall–Kier alpha value is -2.60. The zero-order chi connectivity index (χ0) is 14.8. The fraction of sp³-hybridized carbons (Fsp3) is 0.133. The molecule has 0 spiro atoms. The van der Waals surface area contributed by atoms with Crippen molar-refractivity contribution in [2.24, 2.45) is 0 Å². The molecule has 0 saturated carbocycles. The van der Waals surface area contributed by atoms with Crippen LogP contribution in [0.4, 0.5) is 4.39 Å². The second-order valence-electron chi connectivity index (χ2n) is 4.61. The van der Waals surface area contributed by atoms with Crippen molar-refractivity contribution in [1.29, 1.82) is 0 Å². The first kappa shape index (κ1) is 13.4. The molecule has 1 atom stereocenters. The van der Waals surface area contributed by atoms with Gasteiger partial charge in [0.1, 0.15) is 23.3 Å². The maximum Gasteiger partial charge on any atom is 0.268 e. The summed E-state index contributed by atoms with van der Waals surface area (Å²) in [5, 5.41) is 12.3. The molecule has 6 heteroatoms. The van der Waals surface area contributed by atoms with Crippen molar-refractivity contribution in [1.82, 2.24) is 10.3 Å². The molecule has 21 heavy (non-hydrogen) atoms. The summed E-state index contributed by atoms with van der Waals surface area (Å²) < 4.78 is 18.8. The fourth-order valence-electron chi connectivity index (χ4n) is 2.17. The normalized spacial score (nSPS) is 12.5.